The predicted octanol–water partition coefficient (Wildman–Crippen LogP) is 3.79. The van der Waals surface area contributed by atoms with Crippen molar-refractivity contribution in [3.63, 3.8) is 0 Å². The molecule has 1 heterocycles. The molecule has 3 amide bonds. The predicted molar refractivity (Wildman–Crippen MR) is 118 cm³/mol. The summed E-state index contributed by atoms with van der Waals surface area (Å²) in [5.74, 6) is -0.471. The van der Waals surface area contributed by atoms with E-state index in [1.54, 1.807) is 24.3 Å². The van der Waals surface area contributed by atoms with E-state index in [1.807, 2.05) is 52.0 Å². The van der Waals surface area contributed by atoms with Gasteiger partial charge in [0, 0.05) is 18.2 Å². The maximum absolute atomic E-state index is 12.9. The highest BCUT2D eigenvalue weighted by Gasteiger charge is 2.46. The molecule has 7 nitrogen and oxygen atoms in total. The highest BCUT2D eigenvalue weighted by atomic mass is 16.6. The van der Waals surface area contributed by atoms with Gasteiger partial charge in [-0.25, -0.2) is 4.79 Å². The molecule has 2 unspecified atom stereocenters. The molecule has 0 bridgehead atoms. The van der Waals surface area contributed by atoms with Crippen molar-refractivity contribution in [2.45, 2.75) is 46.4 Å². The molecule has 0 radical (unpaired) electrons. The van der Waals surface area contributed by atoms with Crippen LogP contribution in [0.1, 0.15) is 43.6 Å². The zero-order chi connectivity index (χ0) is 22.5. The Balaban J connectivity index is 1.86. The van der Waals surface area contributed by atoms with Crippen LogP contribution in [-0.2, 0) is 20.9 Å². The first-order chi connectivity index (χ1) is 14.8. The number of likely N-dealkylation sites (N-methyl/N-ethyl adjacent to an activating group) is 1. The highest BCUT2D eigenvalue weighted by molar-refractivity contribution is 5.92. The van der Waals surface area contributed by atoms with Crippen LogP contribution in [0.3, 0.4) is 0 Å². The van der Waals surface area contributed by atoms with Crippen LogP contribution in [0.2, 0.25) is 0 Å². The van der Waals surface area contributed by atoms with Crippen LogP contribution >= 0.6 is 0 Å². The Morgan fingerprint density at radius 2 is 1.77 bits per heavy atom. The van der Waals surface area contributed by atoms with E-state index in [1.165, 1.54) is 4.90 Å². The van der Waals surface area contributed by atoms with E-state index in [0.717, 1.165) is 11.1 Å². The number of benzene rings is 2. The minimum absolute atomic E-state index is 0.0790. The molecule has 1 fully saturated rings. The Bertz CT molecular complexity index is 956. The molecule has 0 aromatic heterocycles. The number of carbonyl (C=O) groups excluding carboxylic acids is 3. The number of nitrogens with zero attached hydrogens (tertiary/aromatic N) is 1. The average Bonchev–Trinajstić information content (AvgIpc) is 3.06. The lowest BCUT2D eigenvalue weighted by Gasteiger charge is -2.24. The first kappa shape index (κ1) is 22.3. The number of anilines is 1. The number of cyclic esters (lactones) is 1. The number of amides is 3. The smallest absolute Gasteiger partial charge is 0.411 e. The van der Waals surface area contributed by atoms with Gasteiger partial charge in [0.05, 0.1) is 6.54 Å². The molecular weight excluding hydrogens is 394 g/mol. The fourth-order valence-corrected chi connectivity index (χ4v) is 3.50. The summed E-state index contributed by atoms with van der Waals surface area (Å²) in [5.41, 5.74) is 3.34. The van der Waals surface area contributed by atoms with E-state index in [0.29, 0.717) is 17.8 Å². The molecule has 0 saturated carbocycles. The SMILES string of the molecule is CCNC(=O)C1C(c2ccc(NC(=O)C(C)C)cc2)OC(=O)N1Cc1ccccc1C. The average molecular weight is 424 g/mol. The van der Waals surface area contributed by atoms with E-state index in [2.05, 4.69) is 10.6 Å². The third-order valence-electron chi connectivity index (χ3n) is 5.34. The highest BCUT2D eigenvalue weighted by Crippen LogP contribution is 2.34. The summed E-state index contributed by atoms with van der Waals surface area (Å²) in [7, 11) is 0. The molecule has 164 valence electrons. The molecule has 7 heteroatoms. The first-order valence-corrected chi connectivity index (χ1v) is 10.5. The number of hydrogen-bond acceptors (Lipinski definition) is 4. The van der Waals surface area contributed by atoms with Crippen LogP contribution in [0.25, 0.3) is 0 Å². The summed E-state index contributed by atoms with van der Waals surface area (Å²) in [4.78, 5) is 39.0. The zero-order valence-electron chi connectivity index (χ0n) is 18.3. The van der Waals surface area contributed by atoms with Crippen LogP contribution in [-0.4, -0.2) is 35.4 Å². The van der Waals surface area contributed by atoms with Gasteiger partial charge in [-0.15, -0.1) is 0 Å². The largest absolute Gasteiger partial charge is 0.438 e. The molecule has 2 N–H and O–H groups in total. The number of hydrogen-bond donors (Lipinski definition) is 2. The Labute approximate surface area is 182 Å². The maximum Gasteiger partial charge on any atom is 0.411 e. The van der Waals surface area contributed by atoms with E-state index in [9.17, 15) is 14.4 Å². The Hall–Kier alpha value is -3.35. The van der Waals surface area contributed by atoms with Gasteiger partial charge >= 0.3 is 6.09 Å². The Morgan fingerprint density at radius 1 is 1.10 bits per heavy atom. The van der Waals surface area contributed by atoms with Gasteiger partial charge in [0.2, 0.25) is 11.8 Å². The van der Waals surface area contributed by atoms with Gasteiger partial charge in [-0.05, 0) is 42.7 Å². The molecule has 0 aliphatic carbocycles. The van der Waals surface area contributed by atoms with Crippen molar-refractivity contribution in [3.8, 4) is 0 Å². The van der Waals surface area contributed by atoms with Crippen molar-refractivity contribution in [2.24, 2.45) is 5.92 Å². The standard InChI is InChI=1S/C24H29N3O4/c1-5-25-23(29)20-21(17-10-12-19(13-11-17)26-22(28)15(2)3)31-24(30)27(20)14-18-9-7-6-8-16(18)4/h6-13,15,20-21H,5,14H2,1-4H3,(H,25,29)(H,26,28). The lowest BCUT2D eigenvalue weighted by atomic mass is 9.99. The lowest BCUT2D eigenvalue weighted by molar-refractivity contribution is -0.126. The summed E-state index contributed by atoms with van der Waals surface area (Å²) in [5, 5.41) is 5.65. The molecule has 2 atom stereocenters. The van der Waals surface area contributed by atoms with Gasteiger partial charge in [-0.2, -0.15) is 0 Å². The van der Waals surface area contributed by atoms with Gasteiger partial charge < -0.3 is 15.4 Å². The van der Waals surface area contributed by atoms with E-state index < -0.39 is 18.2 Å². The van der Waals surface area contributed by atoms with Gasteiger partial charge in [0.25, 0.3) is 0 Å². The second-order valence-electron chi connectivity index (χ2n) is 7.96. The fraction of sp³-hybridized carbons (Fsp3) is 0.375. The third-order valence-corrected chi connectivity index (χ3v) is 5.34. The molecule has 1 saturated heterocycles. The van der Waals surface area contributed by atoms with Crippen molar-refractivity contribution in [1.82, 2.24) is 10.2 Å². The molecule has 1 aliphatic rings. The molecule has 2 aromatic carbocycles. The molecule has 1 aliphatic heterocycles. The van der Waals surface area contributed by atoms with Gasteiger partial charge in [0.1, 0.15) is 0 Å². The van der Waals surface area contributed by atoms with E-state index in [4.69, 9.17) is 4.74 Å². The van der Waals surface area contributed by atoms with Crippen LogP contribution in [0, 0.1) is 12.8 Å². The van der Waals surface area contributed by atoms with E-state index in [-0.39, 0.29) is 24.3 Å². The number of nitrogens with one attached hydrogen (secondary N) is 2. The second-order valence-corrected chi connectivity index (χ2v) is 7.96. The van der Waals surface area contributed by atoms with Crippen molar-refractivity contribution in [1.29, 1.82) is 0 Å². The number of rotatable bonds is 7. The molecule has 3 rings (SSSR count). The van der Waals surface area contributed by atoms with E-state index >= 15 is 0 Å². The van der Waals surface area contributed by atoms with Crippen LogP contribution in [0.15, 0.2) is 48.5 Å². The zero-order valence-corrected chi connectivity index (χ0v) is 18.3. The lowest BCUT2D eigenvalue weighted by Crippen LogP contribution is -2.46. The van der Waals surface area contributed by atoms with Gasteiger partial charge in [0.15, 0.2) is 12.1 Å². The summed E-state index contributed by atoms with van der Waals surface area (Å²) in [6, 6.07) is 14.0. The summed E-state index contributed by atoms with van der Waals surface area (Å²) in [6.45, 7) is 8.19. The number of carbonyl (C=O) groups is 3. The molecule has 2 aromatic rings. The van der Waals surface area contributed by atoms with Gasteiger partial charge in [-0.1, -0.05) is 50.2 Å². The minimum Gasteiger partial charge on any atom is -0.438 e. The van der Waals surface area contributed by atoms with Crippen LogP contribution in [0.5, 0.6) is 0 Å². The Morgan fingerprint density at radius 3 is 2.39 bits per heavy atom. The Kier molecular flexibility index (Phi) is 6.95. The normalized spacial score (nSPS) is 18.1. The molecule has 31 heavy (non-hydrogen) atoms. The summed E-state index contributed by atoms with van der Waals surface area (Å²) in [6.07, 6.45) is -1.26. The number of ether oxygens (including phenoxy) is 1. The van der Waals surface area contributed by atoms with Crippen molar-refractivity contribution in [2.75, 3.05) is 11.9 Å². The fourth-order valence-electron chi connectivity index (χ4n) is 3.50. The quantitative estimate of drug-likeness (QED) is 0.709. The minimum atomic E-state index is -0.789. The topological polar surface area (TPSA) is 87.7 Å². The first-order valence-electron chi connectivity index (χ1n) is 10.5. The second kappa shape index (κ2) is 9.64. The summed E-state index contributed by atoms with van der Waals surface area (Å²) < 4.78 is 5.65. The molecular formula is C24H29N3O4. The number of aryl methyl sites for hydroxylation is 1. The van der Waals surface area contributed by atoms with Crippen LogP contribution < -0.4 is 10.6 Å². The monoisotopic (exact) mass is 423 g/mol. The maximum atomic E-state index is 12.9. The summed E-state index contributed by atoms with van der Waals surface area (Å²) >= 11 is 0. The molecule has 0 spiro atoms. The van der Waals surface area contributed by atoms with Crippen molar-refractivity contribution >= 4 is 23.6 Å². The van der Waals surface area contributed by atoms with Crippen molar-refractivity contribution < 1.29 is 19.1 Å². The van der Waals surface area contributed by atoms with Crippen molar-refractivity contribution in [3.05, 3.63) is 65.2 Å². The third kappa shape index (κ3) is 5.05. The van der Waals surface area contributed by atoms with Gasteiger partial charge in [-0.3, -0.25) is 14.5 Å². The van der Waals surface area contributed by atoms with Crippen LogP contribution in [0.4, 0.5) is 10.5 Å².